The van der Waals surface area contributed by atoms with Crippen LogP contribution in [0.5, 0.6) is 0 Å². The van der Waals surface area contributed by atoms with E-state index < -0.39 is 10.0 Å². The van der Waals surface area contributed by atoms with Gasteiger partial charge in [-0.3, -0.25) is 9.10 Å². The molecular weight excluding hydrogens is 434 g/mol. The normalized spacial score (nSPS) is 11.8. The molecule has 3 rings (SSSR count). The van der Waals surface area contributed by atoms with Gasteiger partial charge in [-0.25, -0.2) is 13.8 Å². The van der Waals surface area contributed by atoms with Crippen LogP contribution in [-0.2, 0) is 16.6 Å². The predicted molar refractivity (Wildman–Crippen MR) is 125 cm³/mol. The van der Waals surface area contributed by atoms with Crippen molar-refractivity contribution in [1.29, 1.82) is 0 Å². The highest BCUT2D eigenvalue weighted by molar-refractivity contribution is 7.92. The third-order valence-corrected chi connectivity index (χ3v) is 5.97. The van der Waals surface area contributed by atoms with Gasteiger partial charge in [-0.05, 0) is 54.4 Å². The third kappa shape index (κ3) is 6.16. The van der Waals surface area contributed by atoms with Gasteiger partial charge in [0.05, 0.1) is 24.2 Å². The number of nitrogens with one attached hydrogen (secondary N) is 1. The summed E-state index contributed by atoms with van der Waals surface area (Å²) in [6, 6.07) is 22.8. The molecule has 0 aliphatic rings. The molecule has 0 fully saturated rings. The molecule has 6 nitrogen and oxygen atoms in total. The average Bonchev–Trinajstić information content (AvgIpc) is 2.76. The number of amides is 1. The summed E-state index contributed by atoms with van der Waals surface area (Å²) >= 11 is 5.88. The molecule has 0 aliphatic carbocycles. The number of para-hydroxylation sites is 1. The Bertz CT molecular complexity index is 1180. The van der Waals surface area contributed by atoms with E-state index in [9.17, 15) is 13.2 Å². The van der Waals surface area contributed by atoms with Crippen molar-refractivity contribution in [1.82, 2.24) is 5.43 Å². The van der Waals surface area contributed by atoms with Crippen molar-refractivity contribution >= 4 is 38.9 Å². The maximum Gasteiger partial charge on any atom is 0.271 e. The summed E-state index contributed by atoms with van der Waals surface area (Å²) in [4.78, 5) is 12.4. The van der Waals surface area contributed by atoms with Crippen LogP contribution >= 0.6 is 11.6 Å². The fourth-order valence-electron chi connectivity index (χ4n) is 2.88. The van der Waals surface area contributed by atoms with Crippen LogP contribution in [0, 0.1) is 0 Å². The van der Waals surface area contributed by atoms with E-state index in [-0.39, 0.29) is 12.5 Å². The monoisotopic (exact) mass is 455 g/mol. The van der Waals surface area contributed by atoms with Crippen LogP contribution in [0.3, 0.4) is 0 Å². The SMILES string of the molecule is C/C(=N\NC(=O)c1ccc(CN(c2ccccc2)S(C)(=O)=O)cc1)c1ccc(Cl)cc1. The molecule has 0 saturated carbocycles. The van der Waals surface area contributed by atoms with Crippen LogP contribution in [-0.4, -0.2) is 26.3 Å². The molecule has 0 aromatic heterocycles. The van der Waals surface area contributed by atoms with Crippen LogP contribution in [0.15, 0.2) is 84.0 Å². The molecule has 8 heteroatoms. The van der Waals surface area contributed by atoms with E-state index in [1.807, 2.05) is 18.2 Å². The van der Waals surface area contributed by atoms with Crippen molar-refractivity contribution in [3.05, 3.63) is 101 Å². The molecule has 1 amide bonds. The first-order valence-electron chi connectivity index (χ1n) is 9.46. The zero-order valence-electron chi connectivity index (χ0n) is 17.1. The van der Waals surface area contributed by atoms with Crippen LogP contribution in [0.4, 0.5) is 5.69 Å². The summed E-state index contributed by atoms with van der Waals surface area (Å²) in [7, 11) is -3.46. The third-order valence-electron chi connectivity index (χ3n) is 4.57. The summed E-state index contributed by atoms with van der Waals surface area (Å²) in [6.07, 6.45) is 1.17. The Morgan fingerprint density at radius 3 is 2.10 bits per heavy atom. The number of hydrogen-bond acceptors (Lipinski definition) is 4. The number of hydrogen-bond donors (Lipinski definition) is 1. The van der Waals surface area contributed by atoms with E-state index in [4.69, 9.17) is 11.6 Å². The molecule has 160 valence electrons. The van der Waals surface area contributed by atoms with Gasteiger partial charge >= 0.3 is 0 Å². The second kappa shape index (κ2) is 9.76. The zero-order valence-corrected chi connectivity index (χ0v) is 18.7. The molecule has 1 N–H and O–H groups in total. The lowest BCUT2D eigenvalue weighted by atomic mass is 10.1. The van der Waals surface area contributed by atoms with Crippen molar-refractivity contribution in [2.24, 2.45) is 5.10 Å². The Kier molecular flexibility index (Phi) is 7.09. The van der Waals surface area contributed by atoms with Gasteiger partial charge in [0.25, 0.3) is 5.91 Å². The topological polar surface area (TPSA) is 78.8 Å². The van der Waals surface area contributed by atoms with E-state index in [2.05, 4.69) is 10.5 Å². The fourth-order valence-corrected chi connectivity index (χ4v) is 3.89. The van der Waals surface area contributed by atoms with Crippen molar-refractivity contribution in [3.63, 3.8) is 0 Å². The second-order valence-electron chi connectivity index (χ2n) is 6.95. The lowest BCUT2D eigenvalue weighted by Gasteiger charge is -2.22. The van der Waals surface area contributed by atoms with E-state index in [1.54, 1.807) is 67.6 Å². The second-order valence-corrected chi connectivity index (χ2v) is 9.29. The highest BCUT2D eigenvalue weighted by atomic mass is 35.5. The molecule has 0 aliphatic heterocycles. The van der Waals surface area contributed by atoms with Gasteiger partial charge in [0, 0.05) is 10.6 Å². The van der Waals surface area contributed by atoms with Gasteiger partial charge in [-0.15, -0.1) is 0 Å². The molecule has 0 saturated heterocycles. The van der Waals surface area contributed by atoms with Crippen LogP contribution in [0.2, 0.25) is 5.02 Å². The van der Waals surface area contributed by atoms with Gasteiger partial charge in [0.15, 0.2) is 0 Å². The molecule has 31 heavy (non-hydrogen) atoms. The van der Waals surface area contributed by atoms with Gasteiger partial charge in [0.1, 0.15) is 0 Å². The maximum absolute atomic E-state index is 12.4. The molecule has 3 aromatic carbocycles. The Morgan fingerprint density at radius 1 is 0.935 bits per heavy atom. The van der Waals surface area contributed by atoms with Gasteiger partial charge in [0.2, 0.25) is 10.0 Å². The van der Waals surface area contributed by atoms with Gasteiger partial charge in [-0.1, -0.05) is 54.1 Å². The standard InChI is InChI=1S/C23H22ClN3O3S/c1-17(19-12-14-21(24)15-13-19)25-26-23(28)20-10-8-18(9-11-20)16-27(31(2,29)30)22-6-4-3-5-7-22/h3-15H,16H2,1-2H3,(H,26,28)/b25-17+. The highest BCUT2D eigenvalue weighted by Gasteiger charge is 2.17. The predicted octanol–water partition coefficient (Wildman–Crippen LogP) is 4.46. The quantitative estimate of drug-likeness (QED) is 0.422. The lowest BCUT2D eigenvalue weighted by molar-refractivity contribution is 0.0955. The molecule has 0 atom stereocenters. The number of benzene rings is 3. The highest BCUT2D eigenvalue weighted by Crippen LogP contribution is 2.20. The summed E-state index contributed by atoms with van der Waals surface area (Å²) < 4.78 is 25.8. The Labute approximate surface area is 187 Å². The van der Waals surface area contributed by atoms with Crippen molar-refractivity contribution in [2.75, 3.05) is 10.6 Å². The molecule has 0 heterocycles. The Morgan fingerprint density at radius 2 is 1.52 bits per heavy atom. The van der Waals surface area contributed by atoms with Crippen LogP contribution in [0.25, 0.3) is 0 Å². The van der Waals surface area contributed by atoms with Crippen LogP contribution in [0.1, 0.15) is 28.4 Å². The van der Waals surface area contributed by atoms with Gasteiger partial charge < -0.3 is 0 Å². The van der Waals surface area contributed by atoms with E-state index in [0.29, 0.717) is 22.0 Å². The maximum atomic E-state index is 12.4. The smallest absolute Gasteiger partial charge is 0.267 e. The number of carbonyl (C=O) groups is 1. The number of nitrogens with zero attached hydrogens (tertiary/aromatic N) is 2. The molecule has 0 spiro atoms. The van der Waals surface area contributed by atoms with Gasteiger partial charge in [-0.2, -0.15) is 5.10 Å². The number of anilines is 1. The zero-order chi connectivity index (χ0) is 22.4. The fraction of sp³-hybridized carbons (Fsp3) is 0.130. The van der Waals surface area contributed by atoms with E-state index in [0.717, 1.165) is 11.1 Å². The summed E-state index contributed by atoms with van der Waals surface area (Å²) in [5, 5.41) is 4.76. The van der Waals surface area contributed by atoms with Crippen molar-refractivity contribution in [3.8, 4) is 0 Å². The van der Waals surface area contributed by atoms with Crippen molar-refractivity contribution < 1.29 is 13.2 Å². The number of hydrazone groups is 1. The number of sulfonamides is 1. The Hall–Kier alpha value is -3.16. The summed E-state index contributed by atoms with van der Waals surface area (Å²) in [6.45, 7) is 1.95. The van der Waals surface area contributed by atoms with Crippen LogP contribution < -0.4 is 9.73 Å². The average molecular weight is 456 g/mol. The first-order chi connectivity index (χ1) is 14.7. The number of carbonyl (C=O) groups excluding carboxylic acids is 1. The molecule has 0 radical (unpaired) electrons. The number of rotatable bonds is 7. The molecule has 0 bridgehead atoms. The molecule has 0 unspecified atom stereocenters. The summed E-state index contributed by atoms with van der Waals surface area (Å²) in [5.41, 5.74) is 5.78. The molecular formula is C23H22ClN3O3S. The minimum atomic E-state index is -3.46. The number of halogens is 1. The Balaban J connectivity index is 1.69. The lowest BCUT2D eigenvalue weighted by Crippen LogP contribution is -2.29. The van der Waals surface area contributed by atoms with Crippen molar-refractivity contribution in [2.45, 2.75) is 13.5 Å². The minimum absolute atomic E-state index is 0.165. The molecule has 3 aromatic rings. The first-order valence-corrected chi connectivity index (χ1v) is 11.7. The largest absolute Gasteiger partial charge is 0.271 e. The first kappa shape index (κ1) is 22.5. The van der Waals surface area contributed by atoms with E-state index >= 15 is 0 Å². The summed E-state index contributed by atoms with van der Waals surface area (Å²) in [5.74, 6) is -0.358. The van der Waals surface area contributed by atoms with E-state index in [1.165, 1.54) is 10.6 Å². The minimum Gasteiger partial charge on any atom is -0.267 e.